The van der Waals surface area contributed by atoms with Gasteiger partial charge in [0, 0.05) is 6.07 Å². The summed E-state index contributed by atoms with van der Waals surface area (Å²) in [7, 11) is 0. The molecule has 0 spiro atoms. The number of benzene rings is 1. The molecule has 3 heteroatoms. The molecule has 0 N–H and O–H groups in total. The van der Waals surface area contributed by atoms with Crippen LogP contribution < -0.4 is 4.74 Å². The first-order valence-electron chi connectivity index (χ1n) is 10.2. The fourth-order valence-corrected chi connectivity index (χ4v) is 4.98. The molecule has 2 aliphatic rings. The first-order valence-corrected chi connectivity index (χ1v) is 10.2. The van der Waals surface area contributed by atoms with Gasteiger partial charge in [0.05, 0.1) is 6.61 Å². The van der Waals surface area contributed by atoms with Gasteiger partial charge in [0.1, 0.15) is 5.82 Å². The van der Waals surface area contributed by atoms with Gasteiger partial charge in [-0.15, -0.1) is 0 Å². The largest absolute Gasteiger partial charge is 0.490 e. The summed E-state index contributed by atoms with van der Waals surface area (Å²) in [5.41, 5.74) is 0. The van der Waals surface area contributed by atoms with E-state index < -0.39 is 11.6 Å². The molecule has 0 aliphatic heterocycles. The summed E-state index contributed by atoms with van der Waals surface area (Å²) < 4.78 is 32.2. The second-order valence-corrected chi connectivity index (χ2v) is 8.24. The molecule has 1 aromatic carbocycles. The van der Waals surface area contributed by atoms with Crippen LogP contribution in [-0.2, 0) is 0 Å². The van der Waals surface area contributed by atoms with E-state index in [1.165, 1.54) is 76.3 Å². The Morgan fingerprint density at radius 2 is 1.48 bits per heavy atom. The molecule has 0 unspecified atom stereocenters. The molecular weight excluding hydrogens is 318 g/mol. The first-order chi connectivity index (χ1) is 12.2. The maximum absolute atomic E-state index is 13.6. The summed E-state index contributed by atoms with van der Waals surface area (Å²) in [6.07, 6.45) is 13.4. The second-order valence-electron chi connectivity index (χ2n) is 8.24. The van der Waals surface area contributed by atoms with Crippen LogP contribution in [0.3, 0.4) is 0 Å². The van der Waals surface area contributed by atoms with Crippen molar-refractivity contribution in [1.82, 2.24) is 0 Å². The van der Waals surface area contributed by atoms with Crippen molar-refractivity contribution >= 4 is 0 Å². The van der Waals surface area contributed by atoms with Gasteiger partial charge in [0.15, 0.2) is 11.6 Å². The normalized spacial score (nSPS) is 30.2. The van der Waals surface area contributed by atoms with E-state index in [1.54, 1.807) is 0 Å². The monoisotopic (exact) mass is 350 g/mol. The number of hydrogen-bond donors (Lipinski definition) is 0. The van der Waals surface area contributed by atoms with Crippen molar-refractivity contribution in [2.75, 3.05) is 6.61 Å². The van der Waals surface area contributed by atoms with Crippen LogP contribution in [0.15, 0.2) is 18.2 Å². The van der Waals surface area contributed by atoms with Crippen LogP contribution in [0.4, 0.5) is 8.78 Å². The molecule has 2 aliphatic carbocycles. The molecular formula is C22H32F2O. The molecule has 0 aromatic heterocycles. The van der Waals surface area contributed by atoms with Crippen molar-refractivity contribution in [2.45, 2.75) is 71.1 Å². The summed E-state index contributed by atoms with van der Waals surface area (Å²) >= 11 is 0. The zero-order valence-corrected chi connectivity index (χ0v) is 15.5. The van der Waals surface area contributed by atoms with Crippen molar-refractivity contribution in [3.63, 3.8) is 0 Å². The lowest BCUT2D eigenvalue weighted by atomic mass is 9.69. The van der Waals surface area contributed by atoms with Gasteiger partial charge in [-0.2, -0.15) is 0 Å². The van der Waals surface area contributed by atoms with E-state index in [4.69, 9.17) is 4.74 Å². The van der Waals surface area contributed by atoms with Gasteiger partial charge in [-0.1, -0.05) is 32.6 Å². The van der Waals surface area contributed by atoms with Crippen LogP contribution in [0.1, 0.15) is 71.1 Å². The SMILES string of the molecule is CCC[C@H]1CC[C@H](C2CCC(COc3ccc(F)cc3F)CC2)CC1. The maximum Gasteiger partial charge on any atom is 0.167 e. The molecule has 0 atom stereocenters. The lowest BCUT2D eigenvalue weighted by Gasteiger charge is -2.37. The summed E-state index contributed by atoms with van der Waals surface area (Å²) in [5, 5.41) is 0. The fourth-order valence-electron chi connectivity index (χ4n) is 4.98. The highest BCUT2D eigenvalue weighted by molar-refractivity contribution is 5.24. The van der Waals surface area contributed by atoms with E-state index in [9.17, 15) is 8.78 Å². The van der Waals surface area contributed by atoms with E-state index in [0.717, 1.165) is 23.8 Å². The molecule has 140 valence electrons. The van der Waals surface area contributed by atoms with Gasteiger partial charge in [0.25, 0.3) is 0 Å². The fraction of sp³-hybridized carbons (Fsp3) is 0.727. The Labute approximate surface area is 151 Å². The van der Waals surface area contributed by atoms with Crippen molar-refractivity contribution in [3.8, 4) is 5.75 Å². The van der Waals surface area contributed by atoms with Gasteiger partial charge >= 0.3 is 0 Å². The number of rotatable bonds is 6. The molecule has 0 saturated heterocycles. The summed E-state index contributed by atoms with van der Waals surface area (Å²) in [4.78, 5) is 0. The molecule has 0 bridgehead atoms. The van der Waals surface area contributed by atoms with E-state index in [2.05, 4.69) is 6.92 Å². The molecule has 0 amide bonds. The Morgan fingerprint density at radius 3 is 2.04 bits per heavy atom. The van der Waals surface area contributed by atoms with Crippen LogP contribution in [0, 0.1) is 35.3 Å². The molecule has 3 rings (SSSR count). The van der Waals surface area contributed by atoms with Crippen LogP contribution in [0.5, 0.6) is 5.75 Å². The molecule has 0 radical (unpaired) electrons. The molecule has 1 aromatic rings. The van der Waals surface area contributed by atoms with Crippen LogP contribution in [-0.4, -0.2) is 6.61 Å². The molecule has 2 fully saturated rings. The zero-order chi connectivity index (χ0) is 17.6. The highest BCUT2D eigenvalue weighted by atomic mass is 19.1. The van der Waals surface area contributed by atoms with E-state index in [-0.39, 0.29) is 5.75 Å². The standard InChI is InChI=1S/C22H32F2O/c1-2-3-16-4-8-18(9-5-16)19-10-6-17(7-11-19)15-25-22-13-12-20(23)14-21(22)24/h12-14,16-19H,2-11,15H2,1H3/t16-,17?,18-,19?. The number of ether oxygens (including phenoxy) is 1. The van der Waals surface area contributed by atoms with Crippen molar-refractivity contribution in [3.05, 3.63) is 29.8 Å². The Hall–Kier alpha value is -1.12. The highest BCUT2D eigenvalue weighted by Gasteiger charge is 2.30. The van der Waals surface area contributed by atoms with Gasteiger partial charge in [-0.3, -0.25) is 0 Å². The van der Waals surface area contributed by atoms with E-state index >= 15 is 0 Å². The average molecular weight is 350 g/mol. The van der Waals surface area contributed by atoms with Crippen molar-refractivity contribution < 1.29 is 13.5 Å². The molecule has 1 nitrogen and oxygen atoms in total. The van der Waals surface area contributed by atoms with E-state index in [1.807, 2.05) is 0 Å². The predicted octanol–water partition coefficient (Wildman–Crippen LogP) is 6.76. The third-order valence-electron chi connectivity index (χ3n) is 6.51. The Bertz CT molecular complexity index is 529. The van der Waals surface area contributed by atoms with Gasteiger partial charge < -0.3 is 4.74 Å². The van der Waals surface area contributed by atoms with Crippen molar-refractivity contribution in [2.24, 2.45) is 23.7 Å². The summed E-state index contributed by atoms with van der Waals surface area (Å²) in [6, 6.07) is 3.54. The average Bonchev–Trinajstić information content (AvgIpc) is 2.62. The van der Waals surface area contributed by atoms with Gasteiger partial charge in [-0.05, 0) is 74.3 Å². The smallest absolute Gasteiger partial charge is 0.167 e. The minimum absolute atomic E-state index is 0.178. The van der Waals surface area contributed by atoms with Crippen molar-refractivity contribution in [1.29, 1.82) is 0 Å². The predicted molar refractivity (Wildman–Crippen MR) is 97.7 cm³/mol. The first kappa shape index (κ1) is 18.7. The zero-order valence-electron chi connectivity index (χ0n) is 15.5. The summed E-state index contributed by atoms with van der Waals surface area (Å²) in [5.74, 6) is 2.34. The molecule has 2 saturated carbocycles. The summed E-state index contributed by atoms with van der Waals surface area (Å²) in [6.45, 7) is 2.85. The number of hydrogen-bond acceptors (Lipinski definition) is 1. The Morgan fingerprint density at radius 1 is 0.880 bits per heavy atom. The third kappa shape index (κ3) is 5.18. The van der Waals surface area contributed by atoms with Gasteiger partial charge in [-0.25, -0.2) is 8.78 Å². The van der Waals surface area contributed by atoms with Crippen LogP contribution in [0.25, 0.3) is 0 Å². The Balaban J connectivity index is 1.39. The maximum atomic E-state index is 13.6. The minimum Gasteiger partial charge on any atom is -0.490 e. The molecule has 25 heavy (non-hydrogen) atoms. The minimum atomic E-state index is -0.600. The van der Waals surface area contributed by atoms with Crippen LogP contribution in [0.2, 0.25) is 0 Å². The topological polar surface area (TPSA) is 9.23 Å². The third-order valence-corrected chi connectivity index (χ3v) is 6.51. The molecule has 0 heterocycles. The number of halogens is 2. The van der Waals surface area contributed by atoms with Gasteiger partial charge in [0.2, 0.25) is 0 Å². The second kappa shape index (κ2) is 9.00. The Kier molecular flexibility index (Phi) is 6.72. The highest BCUT2D eigenvalue weighted by Crippen LogP contribution is 2.42. The van der Waals surface area contributed by atoms with Crippen LogP contribution >= 0.6 is 0 Å². The quantitative estimate of drug-likeness (QED) is 0.551. The van der Waals surface area contributed by atoms with E-state index in [0.29, 0.717) is 12.5 Å². The lowest BCUT2D eigenvalue weighted by Crippen LogP contribution is -2.27. The lowest BCUT2D eigenvalue weighted by molar-refractivity contribution is 0.120.